The van der Waals surface area contributed by atoms with Gasteiger partial charge in [-0.15, -0.1) is 0 Å². The molecule has 0 amide bonds. The molecule has 0 saturated carbocycles. The van der Waals surface area contributed by atoms with E-state index in [-0.39, 0.29) is 16.0 Å². The second-order valence-electron chi connectivity index (χ2n) is 6.33. The van der Waals surface area contributed by atoms with E-state index in [1.807, 2.05) is 24.3 Å². The smallest absolute Gasteiger partial charge is 0.292 e. The summed E-state index contributed by atoms with van der Waals surface area (Å²) in [5.41, 5.74) is 2.08. The topological polar surface area (TPSA) is 52.7 Å². The Hall–Kier alpha value is -2.40. The quantitative estimate of drug-likeness (QED) is 0.724. The molecule has 0 bridgehead atoms. The first kappa shape index (κ1) is 15.5. The van der Waals surface area contributed by atoms with E-state index in [0.29, 0.717) is 11.4 Å². The number of aromatic nitrogens is 4. The van der Waals surface area contributed by atoms with E-state index in [1.54, 1.807) is 29.5 Å². The summed E-state index contributed by atoms with van der Waals surface area (Å²) < 4.78 is 2.96. The van der Waals surface area contributed by atoms with Crippen molar-refractivity contribution in [2.45, 2.75) is 26.2 Å². The minimum Gasteiger partial charge on any atom is -0.303 e. The van der Waals surface area contributed by atoms with Crippen molar-refractivity contribution in [1.82, 2.24) is 19.3 Å². The fraction of sp³-hybridized carbons (Fsp3) is 0.235. The van der Waals surface area contributed by atoms with Crippen molar-refractivity contribution in [1.29, 1.82) is 0 Å². The van der Waals surface area contributed by atoms with Crippen molar-refractivity contribution in [2.75, 3.05) is 0 Å². The van der Waals surface area contributed by atoms with Gasteiger partial charge in [-0.05, 0) is 23.1 Å². The molecule has 23 heavy (non-hydrogen) atoms. The molecule has 3 aromatic rings. The SMILES string of the molecule is CC(C)(C)c1ccc(-n2ncc(-n3ccnc3)c(Cl)c2=O)cc1. The number of benzene rings is 1. The van der Waals surface area contributed by atoms with Crippen LogP contribution in [0.25, 0.3) is 11.4 Å². The number of nitrogens with zero attached hydrogens (tertiary/aromatic N) is 4. The van der Waals surface area contributed by atoms with E-state index in [2.05, 4.69) is 30.9 Å². The molecule has 0 radical (unpaired) electrons. The highest BCUT2D eigenvalue weighted by atomic mass is 35.5. The van der Waals surface area contributed by atoms with Crippen molar-refractivity contribution in [3.8, 4) is 11.4 Å². The zero-order valence-electron chi connectivity index (χ0n) is 13.2. The van der Waals surface area contributed by atoms with Crippen molar-refractivity contribution >= 4 is 11.6 Å². The number of hydrogen-bond donors (Lipinski definition) is 0. The van der Waals surface area contributed by atoms with Gasteiger partial charge in [0.15, 0.2) is 0 Å². The van der Waals surface area contributed by atoms with E-state index in [9.17, 15) is 4.79 Å². The van der Waals surface area contributed by atoms with Crippen LogP contribution >= 0.6 is 11.6 Å². The van der Waals surface area contributed by atoms with Gasteiger partial charge >= 0.3 is 0 Å². The van der Waals surface area contributed by atoms with E-state index in [0.717, 1.165) is 0 Å². The molecule has 0 aliphatic rings. The second kappa shape index (κ2) is 5.66. The maximum Gasteiger partial charge on any atom is 0.292 e. The standard InChI is InChI=1S/C17H17ClN4O/c1-17(2,3)12-4-6-13(7-5-12)22-16(23)15(18)14(10-20-22)21-9-8-19-11-21/h4-11H,1-3H3. The maximum absolute atomic E-state index is 12.5. The Morgan fingerprint density at radius 3 is 2.39 bits per heavy atom. The van der Waals surface area contributed by atoms with Gasteiger partial charge in [-0.25, -0.2) is 4.98 Å². The molecule has 0 atom stereocenters. The van der Waals surface area contributed by atoms with Gasteiger partial charge in [-0.1, -0.05) is 44.5 Å². The predicted molar refractivity (Wildman–Crippen MR) is 90.7 cm³/mol. The monoisotopic (exact) mass is 328 g/mol. The first-order valence-electron chi connectivity index (χ1n) is 7.25. The number of halogens is 1. The molecule has 0 aliphatic carbocycles. The normalized spacial score (nSPS) is 11.7. The zero-order chi connectivity index (χ0) is 16.6. The molecule has 6 heteroatoms. The van der Waals surface area contributed by atoms with Crippen LogP contribution in [0.4, 0.5) is 0 Å². The van der Waals surface area contributed by atoms with Crippen LogP contribution in [0.1, 0.15) is 26.3 Å². The van der Waals surface area contributed by atoms with E-state index in [1.165, 1.54) is 10.2 Å². The van der Waals surface area contributed by atoms with Gasteiger partial charge in [-0.3, -0.25) is 4.79 Å². The third-order valence-electron chi connectivity index (χ3n) is 3.66. The zero-order valence-corrected chi connectivity index (χ0v) is 13.9. The van der Waals surface area contributed by atoms with Crippen LogP contribution in [0.5, 0.6) is 0 Å². The summed E-state index contributed by atoms with van der Waals surface area (Å²) in [4.78, 5) is 16.5. The summed E-state index contributed by atoms with van der Waals surface area (Å²) in [5, 5.41) is 4.34. The van der Waals surface area contributed by atoms with Crippen LogP contribution in [0, 0.1) is 0 Å². The molecule has 0 spiro atoms. The Morgan fingerprint density at radius 2 is 1.83 bits per heavy atom. The largest absolute Gasteiger partial charge is 0.303 e. The lowest BCUT2D eigenvalue weighted by Crippen LogP contribution is -2.23. The van der Waals surface area contributed by atoms with E-state index < -0.39 is 0 Å². The summed E-state index contributed by atoms with van der Waals surface area (Å²) >= 11 is 6.22. The summed E-state index contributed by atoms with van der Waals surface area (Å²) in [6.45, 7) is 6.43. The fourth-order valence-electron chi connectivity index (χ4n) is 2.29. The third-order valence-corrected chi connectivity index (χ3v) is 4.02. The highest BCUT2D eigenvalue weighted by Gasteiger charge is 2.15. The summed E-state index contributed by atoms with van der Waals surface area (Å²) in [6.07, 6.45) is 6.46. The van der Waals surface area contributed by atoms with Crippen molar-refractivity contribution in [2.24, 2.45) is 0 Å². The molecule has 0 fully saturated rings. The molecule has 5 nitrogen and oxygen atoms in total. The average Bonchev–Trinajstić information content (AvgIpc) is 3.03. The highest BCUT2D eigenvalue weighted by Crippen LogP contribution is 2.23. The molecule has 0 saturated heterocycles. The lowest BCUT2D eigenvalue weighted by molar-refractivity contribution is 0.590. The summed E-state index contributed by atoms with van der Waals surface area (Å²) in [7, 11) is 0. The molecule has 1 aromatic carbocycles. The Kier molecular flexibility index (Phi) is 3.82. The molecule has 3 rings (SSSR count). The minimum absolute atomic E-state index is 0.0554. The molecule has 0 unspecified atom stereocenters. The molecular formula is C17H17ClN4O. The van der Waals surface area contributed by atoms with Gasteiger partial charge in [-0.2, -0.15) is 9.78 Å². The van der Waals surface area contributed by atoms with Crippen molar-refractivity contribution in [3.05, 3.63) is 70.1 Å². The van der Waals surface area contributed by atoms with Gasteiger partial charge < -0.3 is 4.57 Å². The van der Waals surface area contributed by atoms with Crippen LogP contribution in [0.15, 0.2) is 54.0 Å². The summed E-state index contributed by atoms with van der Waals surface area (Å²) in [5.74, 6) is 0. The van der Waals surface area contributed by atoms with Crippen LogP contribution in [-0.4, -0.2) is 19.3 Å². The van der Waals surface area contributed by atoms with Gasteiger partial charge in [0.1, 0.15) is 5.02 Å². The molecule has 0 N–H and O–H groups in total. The van der Waals surface area contributed by atoms with E-state index >= 15 is 0 Å². The lowest BCUT2D eigenvalue weighted by atomic mass is 9.87. The molecule has 0 aliphatic heterocycles. The molecular weight excluding hydrogens is 312 g/mol. The second-order valence-corrected chi connectivity index (χ2v) is 6.71. The average molecular weight is 329 g/mol. The minimum atomic E-state index is -0.360. The Balaban J connectivity index is 2.05. The van der Waals surface area contributed by atoms with Gasteiger partial charge in [0.2, 0.25) is 0 Å². The number of rotatable bonds is 2. The van der Waals surface area contributed by atoms with Crippen LogP contribution in [0.3, 0.4) is 0 Å². The molecule has 2 aromatic heterocycles. The lowest BCUT2D eigenvalue weighted by Gasteiger charge is -2.19. The van der Waals surface area contributed by atoms with Gasteiger partial charge in [0, 0.05) is 12.4 Å². The number of imidazole rings is 1. The van der Waals surface area contributed by atoms with Crippen LogP contribution < -0.4 is 5.56 Å². The molecule has 2 heterocycles. The fourth-order valence-corrected chi connectivity index (χ4v) is 2.52. The Labute approximate surface area is 139 Å². The highest BCUT2D eigenvalue weighted by molar-refractivity contribution is 6.32. The van der Waals surface area contributed by atoms with Crippen molar-refractivity contribution < 1.29 is 0 Å². The Morgan fingerprint density at radius 1 is 1.13 bits per heavy atom. The number of hydrogen-bond acceptors (Lipinski definition) is 3. The summed E-state index contributed by atoms with van der Waals surface area (Å²) in [6, 6.07) is 7.76. The first-order chi connectivity index (χ1) is 10.9. The molecule has 118 valence electrons. The first-order valence-corrected chi connectivity index (χ1v) is 7.63. The third kappa shape index (κ3) is 2.92. The van der Waals surface area contributed by atoms with Gasteiger partial charge in [0.05, 0.1) is 23.9 Å². The Bertz CT molecular complexity index is 874. The predicted octanol–water partition coefficient (Wildman–Crippen LogP) is 3.37. The van der Waals surface area contributed by atoms with Crippen LogP contribution in [-0.2, 0) is 5.41 Å². The van der Waals surface area contributed by atoms with E-state index in [4.69, 9.17) is 11.6 Å². The van der Waals surface area contributed by atoms with Gasteiger partial charge in [0.25, 0.3) is 5.56 Å². The van der Waals surface area contributed by atoms with Crippen LogP contribution in [0.2, 0.25) is 5.02 Å². The van der Waals surface area contributed by atoms with Crippen molar-refractivity contribution in [3.63, 3.8) is 0 Å². The maximum atomic E-state index is 12.5.